The summed E-state index contributed by atoms with van der Waals surface area (Å²) in [5.74, 6) is -0.177. The van der Waals surface area contributed by atoms with Gasteiger partial charge in [0.25, 0.3) is 0 Å². The van der Waals surface area contributed by atoms with Crippen molar-refractivity contribution in [1.29, 1.82) is 0 Å². The molecule has 0 radical (unpaired) electrons. The fraction of sp³-hybridized carbons (Fsp3) is 0.465. The number of ether oxygens (including phenoxy) is 4. The zero-order chi connectivity index (χ0) is 37.7. The van der Waals surface area contributed by atoms with E-state index in [-0.39, 0.29) is 6.61 Å². The second-order valence-corrected chi connectivity index (χ2v) is 22.0. The molecule has 0 amide bonds. The molecule has 5 aromatic rings. The predicted molar refractivity (Wildman–Crippen MR) is 213 cm³/mol. The molecule has 2 aromatic heterocycles. The molecule has 2 fully saturated rings. The van der Waals surface area contributed by atoms with Crippen LogP contribution in [0.25, 0.3) is 11.2 Å². The summed E-state index contributed by atoms with van der Waals surface area (Å²) in [4.78, 5) is 15.2. The van der Waals surface area contributed by atoms with Crippen molar-refractivity contribution >= 4 is 36.3 Å². The van der Waals surface area contributed by atoms with Crippen molar-refractivity contribution < 1.29 is 18.9 Å². The molecule has 4 heterocycles. The summed E-state index contributed by atoms with van der Waals surface area (Å²) in [6, 6.07) is 31.3. The number of nitrogens with zero attached hydrogens (tertiary/aromatic N) is 4. The third-order valence-electron chi connectivity index (χ3n) is 11.5. The van der Waals surface area contributed by atoms with Crippen LogP contribution in [0.5, 0.6) is 0 Å². The first-order valence-corrected chi connectivity index (χ1v) is 21.7. The second-order valence-electron chi connectivity index (χ2n) is 15.9. The van der Waals surface area contributed by atoms with Crippen LogP contribution in [-0.2, 0) is 31.0 Å². The van der Waals surface area contributed by atoms with Crippen molar-refractivity contribution in [3.05, 3.63) is 119 Å². The smallest absolute Gasteiger partial charge is 0.167 e. The van der Waals surface area contributed by atoms with Gasteiger partial charge in [-0.3, -0.25) is 4.57 Å². The molecule has 0 spiro atoms. The van der Waals surface area contributed by atoms with E-state index in [9.17, 15) is 0 Å². The lowest BCUT2D eigenvalue weighted by atomic mass is 9.80. The zero-order valence-electron chi connectivity index (χ0n) is 32.4. The van der Waals surface area contributed by atoms with Crippen LogP contribution < -0.4 is 5.45 Å². The predicted octanol–water partition coefficient (Wildman–Crippen LogP) is 9.35. The minimum Gasteiger partial charge on any atom is -0.358 e. The molecule has 8 nitrogen and oxygen atoms in total. The molecule has 0 aliphatic carbocycles. The molecule has 2 aliphatic heterocycles. The summed E-state index contributed by atoms with van der Waals surface area (Å²) in [5.41, 5.74) is 5.55. The van der Waals surface area contributed by atoms with Crippen molar-refractivity contribution in [3.63, 3.8) is 0 Å². The first-order chi connectivity index (χ1) is 25.3. The molecular formula is C43H53ClN4O4Si. The highest BCUT2D eigenvalue weighted by atomic mass is 35.5. The van der Waals surface area contributed by atoms with E-state index in [2.05, 4.69) is 124 Å². The Labute approximate surface area is 320 Å². The van der Waals surface area contributed by atoms with Gasteiger partial charge in [-0.05, 0) is 47.2 Å². The third-order valence-corrected chi connectivity index (χ3v) is 18.6. The van der Waals surface area contributed by atoms with Crippen LogP contribution in [0.15, 0.2) is 91.0 Å². The van der Waals surface area contributed by atoms with E-state index in [4.69, 9.17) is 40.5 Å². The van der Waals surface area contributed by atoms with Gasteiger partial charge in [-0.1, -0.05) is 151 Å². The van der Waals surface area contributed by atoms with E-state index in [1.54, 1.807) is 0 Å². The molecule has 2 saturated heterocycles. The molecule has 53 heavy (non-hydrogen) atoms. The van der Waals surface area contributed by atoms with Gasteiger partial charge in [0, 0.05) is 6.42 Å². The Morgan fingerprint density at radius 2 is 1.25 bits per heavy atom. The lowest BCUT2D eigenvalue weighted by Gasteiger charge is -2.43. The first kappa shape index (κ1) is 37.9. The quantitative estimate of drug-likeness (QED) is 0.0714. The fourth-order valence-electron chi connectivity index (χ4n) is 9.44. The molecule has 2 aliphatic rings. The first-order valence-electron chi connectivity index (χ1n) is 19.1. The Hall–Kier alpha value is -3.44. The number of rotatable bonds is 12. The maximum absolute atomic E-state index is 7.35. The van der Waals surface area contributed by atoms with E-state index in [0.717, 1.165) is 22.1 Å². The summed E-state index contributed by atoms with van der Waals surface area (Å²) in [5, 5.41) is 0.364. The largest absolute Gasteiger partial charge is 0.358 e. The molecule has 4 atom stereocenters. The van der Waals surface area contributed by atoms with Crippen LogP contribution in [0, 0.1) is 0 Å². The average Bonchev–Trinajstić information content (AvgIpc) is 3.78. The minimum absolute atomic E-state index is 0.231. The average molecular weight is 753 g/mol. The highest BCUT2D eigenvalue weighted by Gasteiger charge is 2.59. The number of benzene rings is 3. The molecular weight excluding hydrogens is 700 g/mol. The Balaban J connectivity index is 1.39. The molecule has 0 unspecified atom stereocenters. The van der Waals surface area contributed by atoms with Crippen LogP contribution in [0.2, 0.25) is 21.8 Å². The summed E-state index contributed by atoms with van der Waals surface area (Å²) >= 11 is 6.95. The van der Waals surface area contributed by atoms with Crippen LogP contribution >= 0.6 is 11.6 Å². The van der Waals surface area contributed by atoms with Crippen molar-refractivity contribution in [1.82, 2.24) is 19.5 Å². The maximum atomic E-state index is 7.35. The van der Waals surface area contributed by atoms with E-state index in [1.807, 2.05) is 39.0 Å². The molecule has 3 aromatic carbocycles. The standard InChI is InChI=1S/C43H53ClN4O4Si/c1-10-34-45-38(44)35-39(46-34)48(41(47-35)53(27(2)3,28(4)5)29(6)7)40-37-36(51-42(8,9)52-37)33(50-40)26-49-43(30-20-14-11-15-21-30,31-22-16-12-17-23-31)32-24-18-13-19-25-32/h11-25,27-29,33,36-37,40H,10,26H2,1-9H3/t33-,36-,37-,40-/m1/s1. The maximum Gasteiger partial charge on any atom is 0.167 e. The van der Waals surface area contributed by atoms with Crippen molar-refractivity contribution in [2.75, 3.05) is 6.61 Å². The summed E-state index contributed by atoms with van der Waals surface area (Å²) in [6.07, 6.45) is -1.31. The lowest BCUT2D eigenvalue weighted by Crippen LogP contribution is -2.60. The number of hydrogen-bond donors (Lipinski definition) is 0. The van der Waals surface area contributed by atoms with Crippen molar-refractivity contribution in [2.24, 2.45) is 0 Å². The van der Waals surface area contributed by atoms with Crippen LogP contribution in [0.3, 0.4) is 0 Å². The van der Waals surface area contributed by atoms with Gasteiger partial charge in [0.1, 0.15) is 43.3 Å². The molecule has 7 rings (SSSR count). The van der Waals surface area contributed by atoms with E-state index >= 15 is 0 Å². The SMILES string of the molecule is CCc1nc(Cl)c2nc([Si](C(C)C)(C(C)C)C(C)C)n([C@@H]3O[C@H](COC(c4ccccc4)(c4ccccc4)c4ccccc4)[C@H]4OC(C)(C)O[C@H]43)c2n1. The van der Waals surface area contributed by atoms with Gasteiger partial charge in [-0.25, -0.2) is 15.0 Å². The Kier molecular flexibility index (Phi) is 10.5. The highest BCUT2D eigenvalue weighted by molar-refractivity contribution is 6.94. The second kappa shape index (κ2) is 14.7. The normalized spacial score (nSPS) is 21.7. The number of halogens is 1. The third kappa shape index (κ3) is 6.37. The number of hydrogen-bond acceptors (Lipinski definition) is 7. The topological polar surface area (TPSA) is 80.5 Å². The number of aromatic nitrogens is 4. The van der Waals surface area contributed by atoms with Gasteiger partial charge in [0.05, 0.1) is 12.1 Å². The van der Waals surface area contributed by atoms with Gasteiger partial charge in [0.2, 0.25) is 0 Å². The van der Waals surface area contributed by atoms with Gasteiger partial charge < -0.3 is 18.9 Å². The zero-order valence-corrected chi connectivity index (χ0v) is 34.2. The summed E-state index contributed by atoms with van der Waals surface area (Å²) in [7, 11) is -2.41. The Bertz CT molecular complexity index is 1900. The monoisotopic (exact) mass is 752 g/mol. The highest BCUT2D eigenvalue weighted by Crippen LogP contribution is 2.48. The number of aryl methyl sites for hydroxylation is 1. The van der Waals surface area contributed by atoms with E-state index < -0.39 is 44.0 Å². The van der Waals surface area contributed by atoms with Gasteiger partial charge in [-0.15, -0.1) is 0 Å². The number of fused-ring (bicyclic) bond motifs is 2. The lowest BCUT2D eigenvalue weighted by molar-refractivity contribution is -0.204. The van der Waals surface area contributed by atoms with Gasteiger partial charge in [0.15, 0.2) is 22.8 Å². The van der Waals surface area contributed by atoms with Crippen molar-refractivity contribution in [2.45, 2.75) is 121 Å². The minimum atomic E-state index is -2.41. The van der Waals surface area contributed by atoms with Gasteiger partial charge >= 0.3 is 0 Å². The van der Waals surface area contributed by atoms with Crippen molar-refractivity contribution in [3.8, 4) is 0 Å². The summed E-state index contributed by atoms with van der Waals surface area (Å²) < 4.78 is 30.3. The molecule has 10 heteroatoms. The Morgan fingerprint density at radius 3 is 1.72 bits per heavy atom. The van der Waals surface area contributed by atoms with Crippen LogP contribution in [-0.4, -0.2) is 58.3 Å². The van der Waals surface area contributed by atoms with Crippen LogP contribution in [0.1, 0.15) is 91.1 Å². The Morgan fingerprint density at radius 1 is 0.755 bits per heavy atom. The number of imidazole rings is 1. The molecule has 0 saturated carbocycles. The molecule has 0 N–H and O–H groups in total. The summed E-state index contributed by atoms with van der Waals surface area (Å²) in [6.45, 7) is 20.2. The van der Waals surface area contributed by atoms with Crippen LogP contribution in [0.4, 0.5) is 0 Å². The molecule has 280 valence electrons. The van der Waals surface area contributed by atoms with E-state index in [0.29, 0.717) is 45.2 Å². The fourth-order valence-corrected chi connectivity index (χ4v) is 16.2. The van der Waals surface area contributed by atoms with Gasteiger partial charge in [-0.2, -0.15) is 0 Å². The molecule has 0 bridgehead atoms. The van der Waals surface area contributed by atoms with E-state index in [1.165, 1.54) is 0 Å².